The molecule has 0 unspecified atom stereocenters. The number of anilines is 1. The van der Waals surface area contributed by atoms with Gasteiger partial charge in [0, 0.05) is 12.6 Å². The predicted molar refractivity (Wildman–Crippen MR) is 61.7 cm³/mol. The second kappa shape index (κ2) is 4.26. The summed E-state index contributed by atoms with van der Waals surface area (Å²) in [6, 6.07) is 8.40. The Balaban J connectivity index is 2.53. The number of rotatable bonds is 2. The van der Waals surface area contributed by atoms with Gasteiger partial charge in [-0.05, 0) is 30.7 Å². The molecular formula is C12H12FN3. The first kappa shape index (κ1) is 10.5. The van der Waals surface area contributed by atoms with Gasteiger partial charge in [0.1, 0.15) is 11.6 Å². The largest absolute Gasteiger partial charge is 0.372 e. The third-order valence-corrected chi connectivity index (χ3v) is 2.37. The molecule has 1 aromatic heterocycles. The summed E-state index contributed by atoms with van der Waals surface area (Å²) in [4.78, 5) is 0. The van der Waals surface area contributed by atoms with Crippen LogP contribution in [0.15, 0.2) is 30.3 Å². The number of aryl methyl sites for hydroxylation is 1. The van der Waals surface area contributed by atoms with Crippen LogP contribution in [0.2, 0.25) is 0 Å². The smallest absolute Gasteiger partial charge is 0.148 e. The first-order valence-corrected chi connectivity index (χ1v) is 4.99. The Labute approximate surface area is 93.3 Å². The highest BCUT2D eigenvalue weighted by Crippen LogP contribution is 2.23. The Bertz CT molecular complexity index is 511. The highest BCUT2D eigenvalue weighted by Gasteiger charge is 2.09. The van der Waals surface area contributed by atoms with E-state index in [0.29, 0.717) is 17.1 Å². The molecule has 0 radical (unpaired) electrons. The fourth-order valence-corrected chi connectivity index (χ4v) is 1.53. The van der Waals surface area contributed by atoms with E-state index in [2.05, 4.69) is 15.5 Å². The summed E-state index contributed by atoms with van der Waals surface area (Å²) < 4.78 is 13.6. The summed E-state index contributed by atoms with van der Waals surface area (Å²) in [5.41, 5.74) is 1.96. The maximum absolute atomic E-state index is 13.6. The number of hydrogen-bond acceptors (Lipinski definition) is 3. The molecule has 0 aliphatic heterocycles. The van der Waals surface area contributed by atoms with Gasteiger partial charge in [0.15, 0.2) is 0 Å². The van der Waals surface area contributed by atoms with Gasteiger partial charge in [0.2, 0.25) is 0 Å². The second-order valence-corrected chi connectivity index (χ2v) is 3.49. The van der Waals surface area contributed by atoms with Crippen molar-refractivity contribution in [3.8, 4) is 11.3 Å². The molecule has 82 valence electrons. The van der Waals surface area contributed by atoms with Crippen molar-refractivity contribution >= 4 is 5.82 Å². The van der Waals surface area contributed by atoms with Gasteiger partial charge < -0.3 is 5.32 Å². The molecule has 0 fully saturated rings. The fourth-order valence-electron chi connectivity index (χ4n) is 1.53. The zero-order valence-electron chi connectivity index (χ0n) is 9.16. The van der Waals surface area contributed by atoms with Crippen LogP contribution in [-0.2, 0) is 0 Å². The van der Waals surface area contributed by atoms with Gasteiger partial charge in [-0.3, -0.25) is 0 Å². The zero-order valence-corrected chi connectivity index (χ0v) is 9.16. The standard InChI is InChI=1S/C12H12FN3/c1-8-7-11(14-2)15-16-12(8)9-5-3-4-6-10(9)13/h3-7H,1-2H3,(H,14,15). The monoisotopic (exact) mass is 217 g/mol. The molecule has 1 heterocycles. The van der Waals surface area contributed by atoms with E-state index in [1.165, 1.54) is 6.07 Å². The third-order valence-electron chi connectivity index (χ3n) is 2.37. The number of benzene rings is 1. The van der Waals surface area contributed by atoms with Crippen molar-refractivity contribution in [1.82, 2.24) is 10.2 Å². The van der Waals surface area contributed by atoms with Gasteiger partial charge in [0.25, 0.3) is 0 Å². The number of aromatic nitrogens is 2. The highest BCUT2D eigenvalue weighted by molar-refractivity contribution is 5.64. The van der Waals surface area contributed by atoms with E-state index in [1.807, 2.05) is 13.0 Å². The molecular weight excluding hydrogens is 205 g/mol. The lowest BCUT2D eigenvalue weighted by molar-refractivity contribution is 0.630. The minimum absolute atomic E-state index is 0.280. The van der Waals surface area contributed by atoms with E-state index >= 15 is 0 Å². The zero-order chi connectivity index (χ0) is 11.5. The summed E-state index contributed by atoms with van der Waals surface area (Å²) in [6.07, 6.45) is 0. The van der Waals surface area contributed by atoms with Crippen molar-refractivity contribution in [1.29, 1.82) is 0 Å². The normalized spacial score (nSPS) is 10.2. The molecule has 0 atom stereocenters. The molecule has 1 N–H and O–H groups in total. The van der Waals surface area contributed by atoms with Crippen LogP contribution in [0.1, 0.15) is 5.56 Å². The Morgan fingerprint density at radius 2 is 1.94 bits per heavy atom. The van der Waals surface area contributed by atoms with Crippen LogP contribution in [0.5, 0.6) is 0 Å². The Morgan fingerprint density at radius 3 is 2.56 bits per heavy atom. The van der Waals surface area contributed by atoms with Crippen molar-refractivity contribution in [2.45, 2.75) is 6.92 Å². The molecule has 3 nitrogen and oxygen atoms in total. The van der Waals surface area contributed by atoms with E-state index < -0.39 is 0 Å². The summed E-state index contributed by atoms with van der Waals surface area (Å²) in [5, 5.41) is 10.9. The van der Waals surface area contributed by atoms with Gasteiger partial charge >= 0.3 is 0 Å². The lowest BCUT2D eigenvalue weighted by atomic mass is 10.1. The molecule has 0 spiro atoms. The summed E-state index contributed by atoms with van der Waals surface area (Å²) >= 11 is 0. The molecule has 0 bridgehead atoms. The van der Waals surface area contributed by atoms with Crippen molar-refractivity contribution < 1.29 is 4.39 Å². The SMILES string of the molecule is CNc1cc(C)c(-c2ccccc2F)nn1. The molecule has 0 saturated heterocycles. The Hall–Kier alpha value is -1.97. The van der Waals surface area contributed by atoms with E-state index in [4.69, 9.17) is 0 Å². The van der Waals surface area contributed by atoms with Gasteiger partial charge in [0.05, 0.1) is 5.69 Å². The van der Waals surface area contributed by atoms with Crippen LogP contribution in [0.3, 0.4) is 0 Å². The predicted octanol–water partition coefficient (Wildman–Crippen LogP) is 2.63. The molecule has 4 heteroatoms. The van der Waals surface area contributed by atoms with Gasteiger partial charge in [-0.25, -0.2) is 4.39 Å². The number of halogens is 1. The molecule has 16 heavy (non-hydrogen) atoms. The summed E-state index contributed by atoms with van der Waals surface area (Å²) in [6.45, 7) is 1.89. The number of nitrogens with zero attached hydrogens (tertiary/aromatic N) is 2. The molecule has 0 saturated carbocycles. The van der Waals surface area contributed by atoms with E-state index in [-0.39, 0.29) is 5.82 Å². The number of nitrogens with one attached hydrogen (secondary N) is 1. The quantitative estimate of drug-likeness (QED) is 0.840. The van der Waals surface area contributed by atoms with E-state index in [0.717, 1.165) is 5.56 Å². The van der Waals surface area contributed by atoms with Crippen molar-refractivity contribution in [2.24, 2.45) is 0 Å². The van der Waals surface area contributed by atoms with E-state index in [1.54, 1.807) is 25.2 Å². The summed E-state index contributed by atoms with van der Waals surface area (Å²) in [5.74, 6) is 0.398. The molecule has 2 rings (SSSR count). The number of hydrogen-bond donors (Lipinski definition) is 1. The van der Waals surface area contributed by atoms with Crippen LogP contribution >= 0.6 is 0 Å². The van der Waals surface area contributed by atoms with Crippen LogP contribution in [0.4, 0.5) is 10.2 Å². The maximum Gasteiger partial charge on any atom is 0.148 e. The molecule has 2 aromatic rings. The van der Waals surface area contributed by atoms with Crippen LogP contribution in [-0.4, -0.2) is 17.2 Å². The minimum Gasteiger partial charge on any atom is -0.372 e. The average Bonchev–Trinajstić information content (AvgIpc) is 2.30. The van der Waals surface area contributed by atoms with Gasteiger partial charge in [-0.2, -0.15) is 0 Å². The first-order chi connectivity index (χ1) is 7.72. The van der Waals surface area contributed by atoms with Crippen LogP contribution in [0.25, 0.3) is 11.3 Å². The van der Waals surface area contributed by atoms with Crippen molar-refractivity contribution in [3.05, 3.63) is 41.7 Å². The van der Waals surface area contributed by atoms with E-state index in [9.17, 15) is 4.39 Å². The van der Waals surface area contributed by atoms with Gasteiger partial charge in [-0.1, -0.05) is 12.1 Å². The molecule has 0 amide bonds. The Kier molecular flexibility index (Phi) is 2.81. The highest BCUT2D eigenvalue weighted by atomic mass is 19.1. The first-order valence-electron chi connectivity index (χ1n) is 4.99. The average molecular weight is 217 g/mol. The molecule has 0 aliphatic rings. The van der Waals surface area contributed by atoms with Crippen LogP contribution < -0.4 is 5.32 Å². The summed E-state index contributed by atoms with van der Waals surface area (Å²) in [7, 11) is 1.77. The Morgan fingerprint density at radius 1 is 1.19 bits per heavy atom. The lowest BCUT2D eigenvalue weighted by Gasteiger charge is -2.06. The second-order valence-electron chi connectivity index (χ2n) is 3.49. The van der Waals surface area contributed by atoms with Crippen LogP contribution in [0, 0.1) is 12.7 Å². The van der Waals surface area contributed by atoms with Crippen molar-refractivity contribution in [2.75, 3.05) is 12.4 Å². The third kappa shape index (κ3) is 1.86. The maximum atomic E-state index is 13.6. The van der Waals surface area contributed by atoms with Gasteiger partial charge in [-0.15, -0.1) is 10.2 Å². The minimum atomic E-state index is -0.280. The fraction of sp³-hybridized carbons (Fsp3) is 0.167. The lowest BCUT2D eigenvalue weighted by Crippen LogP contribution is -1.99. The molecule has 1 aromatic carbocycles. The van der Waals surface area contributed by atoms with Crippen molar-refractivity contribution in [3.63, 3.8) is 0 Å². The topological polar surface area (TPSA) is 37.8 Å². The molecule has 0 aliphatic carbocycles.